The topological polar surface area (TPSA) is 190 Å². The van der Waals surface area contributed by atoms with Crippen LogP contribution >= 0.6 is 0 Å². The van der Waals surface area contributed by atoms with E-state index in [4.69, 9.17) is 5.73 Å². The number of nitrogens with zero attached hydrogens (tertiary/aromatic N) is 8. The zero-order valence-corrected chi connectivity index (χ0v) is 27.7. The predicted molar refractivity (Wildman–Crippen MR) is 184 cm³/mol. The average molecular weight is 664 g/mol. The number of rotatable bonds is 13. The molecule has 3 amide bonds. The summed E-state index contributed by atoms with van der Waals surface area (Å²) < 4.78 is 7.09. The molecule has 0 fully saturated rings. The summed E-state index contributed by atoms with van der Waals surface area (Å²) in [5.41, 5.74) is 11.2. The van der Waals surface area contributed by atoms with Crippen LogP contribution in [0.3, 0.4) is 0 Å². The maximum Gasteiger partial charge on any atom is 0.276 e. The second-order valence-electron chi connectivity index (χ2n) is 11.7. The molecule has 49 heavy (non-hydrogen) atoms. The zero-order valence-electron chi connectivity index (χ0n) is 27.7. The van der Waals surface area contributed by atoms with Crippen molar-refractivity contribution in [1.29, 1.82) is 0 Å². The number of unbranched alkanes of at least 4 members (excludes halogenated alkanes) is 1. The molecule has 15 heteroatoms. The van der Waals surface area contributed by atoms with Crippen LogP contribution in [0.1, 0.15) is 79.8 Å². The summed E-state index contributed by atoms with van der Waals surface area (Å²) in [4.78, 5) is 59.4. The molecule has 0 aliphatic heterocycles. The van der Waals surface area contributed by atoms with E-state index in [0.29, 0.717) is 84.5 Å². The van der Waals surface area contributed by atoms with Crippen molar-refractivity contribution >= 4 is 58.0 Å². The van der Waals surface area contributed by atoms with E-state index < -0.39 is 5.91 Å². The number of benzene rings is 2. The molecule has 0 saturated heterocycles. The van der Waals surface area contributed by atoms with Crippen LogP contribution in [0.4, 0.5) is 11.9 Å². The Morgan fingerprint density at radius 3 is 1.69 bits per heavy atom. The average Bonchev–Trinajstić information content (AvgIpc) is 3.84. The molecule has 0 spiro atoms. The zero-order chi connectivity index (χ0) is 34.8. The van der Waals surface area contributed by atoms with E-state index in [0.717, 1.165) is 28.7 Å². The Kier molecular flexibility index (Phi) is 9.07. The number of hydrogen-bond acceptors (Lipinski definition) is 8. The summed E-state index contributed by atoms with van der Waals surface area (Å²) in [5, 5.41) is 14.6. The van der Waals surface area contributed by atoms with Crippen molar-refractivity contribution in [3.05, 3.63) is 82.4 Å². The second kappa shape index (κ2) is 13.5. The number of aldehydes is 1. The quantitative estimate of drug-likeness (QED) is 0.120. The number of primary amides is 1. The number of fused-ring (bicyclic) bond motifs is 2. The van der Waals surface area contributed by atoms with Gasteiger partial charge in [0.25, 0.3) is 11.8 Å². The molecule has 4 heterocycles. The predicted octanol–water partition coefficient (Wildman–Crippen LogP) is 4.33. The van der Waals surface area contributed by atoms with Crippen LogP contribution in [0.5, 0.6) is 0 Å². The van der Waals surface area contributed by atoms with E-state index in [1.54, 1.807) is 51.8 Å². The van der Waals surface area contributed by atoms with Crippen molar-refractivity contribution in [3.63, 3.8) is 0 Å². The number of nitrogens with two attached hydrogens (primary N) is 1. The van der Waals surface area contributed by atoms with Crippen molar-refractivity contribution in [2.75, 3.05) is 10.6 Å². The maximum atomic E-state index is 13.4. The van der Waals surface area contributed by atoms with Crippen molar-refractivity contribution in [2.45, 2.75) is 66.7 Å². The highest BCUT2D eigenvalue weighted by molar-refractivity contribution is 6.04. The Balaban J connectivity index is 1.26. The summed E-state index contributed by atoms with van der Waals surface area (Å²) in [6.07, 6.45) is 2.07. The number of aryl methyl sites for hydroxylation is 6. The third-order valence-corrected chi connectivity index (χ3v) is 8.27. The number of amides is 3. The lowest BCUT2D eigenvalue weighted by Gasteiger charge is -2.13. The van der Waals surface area contributed by atoms with Gasteiger partial charge in [-0.15, -0.1) is 0 Å². The lowest BCUT2D eigenvalue weighted by Crippen LogP contribution is -2.20. The first-order chi connectivity index (χ1) is 23.6. The van der Waals surface area contributed by atoms with Gasteiger partial charge in [0.15, 0.2) is 0 Å². The van der Waals surface area contributed by atoms with Gasteiger partial charge in [0, 0.05) is 37.3 Å². The Morgan fingerprint density at radius 2 is 1.22 bits per heavy atom. The number of carbonyl (C=O) groups is 4. The summed E-state index contributed by atoms with van der Waals surface area (Å²) in [5.74, 6) is -0.585. The molecule has 15 nitrogen and oxygen atoms in total. The van der Waals surface area contributed by atoms with Crippen LogP contribution in [-0.4, -0.2) is 62.7 Å². The van der Waals surface area contributed by atoms with Gasteiger partial charge in [0.2, 0.25) is 17.8 Å². The van der Waals surface area contributed by atoms with Crippen molar-refractivity contribution < 1.29 is 19.2 Å². The smallest absolute Gasteiger partial charge is 0.276 e. The first kappa shape index (κ1) is 32.8. The SMILES string of the molecule is CCn1nc(C)cc1C(=O)Nc1nc2cc(C=O)ccc2n1CCCCn1c(NC(=O)c2cc(C)nn2CC)nc2cc(C(N)=O)ccc21. The molecule has 0 bridgehead atoms. The maximum absolute atomic E-state index is 13.4. The van der Waals surface area contributed by atoms with Crippen molar-refractivity contribution in [1.82, 2.24) is 38.7 Å². The van der Waals surface area contributed by atoms with E-state index in [1.807, 2.05) is 42.9 Å². The fraction of sp³-hybridized carbons (Fsp3) is 0.294. The minimum absolute atomic E-state index is 0.311. The van der Waals surface area contributed by atoms with Gasteiger partial charge in [-0.25, -0.2) is 9.97 Å². The molecule has 0 radical (unpaired) electrons. The van der Waals surface area contributed by atoms with Crippen LogP contribution in [0.25, 0.3) is 22.1 Å². The first-order valence-electron chi connectivity index (χ1n) is 16.1. The number of aromatic nitrogens is 8. The normalized spacial score (nSPS) is 11.3. The molecule has 0 aliphatic carbocycles. The summed E-state index contributed by atoms with van der Waals surface area (Å²) in [6.45, 7) is 9.51. The van der Waals surface area contributed by atoms with Crippen LogP contribution in [0.15, 0.2) is 48.5 Å². The minimum atomic E-state index is -0.575. The largest absolute Gasteiger partial charge is 0.366 e. The lowest BCUT2D eigenvalue weighted by molar-refractivity contribution is 0.0994. The van der Waals surface area contributed by atoms with Crippen LogP contribution in [0.2, 0.25) is 0 Å². The highest BCUT2D eigenvalue weighted by Gasteiger charge is 2.21. The van der Waals surface area contributed by atoms with Gasteiger partial charge >= 0.3 is 0 Å². The van der Waals surface area contributed by atoms with Gasteiger partial charge in [-0.1, -0.05) is 0 Å². The number of hydrogen-bond donors (Lipinski definition) is 3. The molecular formula is C34H37N11O4. The Bertz CT molecular complexity index is 2240. The fourth-order valence-electron chi connectivity index (χ4n) is 5.96. The molecule has 0 atom stereocenters. The molecule has 6 rings (SSSR count). The molecule has 0 aliphatic rings. The molecule has 2 aromatic carbocycles. The molecule has 4 aromatic heterocycles. The van der Waals surface area contributed by atoms with Crippen molar-refractivity contribution in [2.24, 2.45) is 5.73 Å². The summed E-state index contributed by atoms with van der Waals surface area (Å²) >= 11 is 0. The number of carbonyl (C=O) groups excluding carboxylic acids is 4. The highest BCUT2D eigenvalue weighted by Crippen LogP contribution is 2.25. The third-order valence-electron chi connectivity index (χ3n) is 8.27. The summed E-state index contributed by atoms with van der Waals surface area (Å²) in [6, 6.07) is 13.7. The van der Waals surface area contributed by atoms with E-state index >= 15 is 0 Å². The van der Waals surface area contributed by atoms with E-state index in [9.17, 15) is 19.2 Å². The molecule has 6 aromatic rings. The number of imidazole rings is 2. The van der Waals surface area contributed by atoms with E-state index in [1.165, 1.54) is 0 Å². The first-order valence-corrected chi connectivity index (χ1v) is 16.1. The molecular weight excluding hydrogens is 626 g/mol. The van der Waals surface area contributed by atoms with Crippen molar-refractivity contribution in [3.8, 4) is 0 Å². The third kappa shape index (κ3) is 6.54. The standard InChI is InChI=1S/C34H37N11O4/c1-5-44-28(15-20(3)40-44)31(48)38-33-36-24-17-22(19-46)9-11-26(24)42(33)13-7-8-14-43-27-12-10-23(30(35)47)18-25(27)37-34(43)39-32(49)29-16-21(4)41-45(29)6-2/h9-12,15-19H,5-8,13-14H2,1-4H3,(H2,35,47)(H,36,38,48)(H,37,39,49). The lowest BCUT2D eigenvalue weighted by atomic mass is 10.2. The Labute approximate surface area is 281 Å². The number of anilines is 2. The Morgan fingerprint density at radius 1 is 0.735 bits per heavy atom. The van der Waals surface area contributed by atoms with E-state index in [-0.39, 0.29) is 11.8 Å². The van der Waals surface area contributed by atoms with Gasteiger partial charge < -0.3 is 14.9 Å². The molecule has 252 valence electrons. The fourth-order valence-corrected chi connectivity index (χ4v) is 5.96. The molecule has 0 unspecified atom stereocenters. The van der Waals surface area contributed by atoms with Crippen LogP contribution < -0.4 is 16.4 Å². The molecule has 0 saturated carbocycles. The Hall–Kier alpha value is -6.12. The van der Waals surface area contributed by atoms with Gasteiger partial charge in [0.05, 0.1) is 33.5 Å². The molecule has 4 N–H and O–H groups in total. The monoisotopic (exact) mass is 663 g/mol. The van der Waals surface area contributed by atoms with Gasteiger partial charge in [-0.05, 0) is 89.1 Å². The van der Waals surface area contributed by atoms with E-state index in [2.05, 4.69) is 30.8 Å². The summed E-state index contributed by atoms with van der Waals surface area (Å²) in [7, 11) is 0. The second-order valence-corrected chi connectivity index (χ2v) is 11.7. The number of nitrogens with one attached hydrogen (secondary N) is 2. The van der Waals surface area contributed by atoms with Gasteiger partial charge in [-0.2, -0.15) is 10.2 Å². The highest BCUT2D eigenvalue weighted by atomic mass is 16.2. The van der Waals surface area contributed by atoms with Crippen LogP contribution in [0, 0.1) is 13.8 Å². The van der Waals surface area contributed by atoms with Gasteiger partial charge in [-0.3, -0.25) is 39.2 Å². The minimum Gasteiger partial charge on any atom is -0.366 e. The van der Waals surface area contributed by atoms with Crippen LogP contribution in [-0.2, 0) is 26.2 Å². The van der Waals surface area contributed by atoms with Gasteiger partial charge in [0.1, 0.15) is 17.7 Å².